The molecule has 0 saturated heterocycles. The van der Waals surface area contributed by atoms with Crippen LogP contribution in [0.25, 0.3) is 11.0 Å². The Kier molecular flexibility index (Phi) is 2.89. The second-order valence-electron chi connectivity index (χ2n) is 5.64. The van der Waals surface area contributed by atoms with E-state index in [1.807, 2.05) is 30.3 Å². The lowest BCUT2D eigenvalue weighted by atomic mass is 10.2. The van der Waals surface area contributed by atoms with Gasteiger partial charge in [0.15, 0.2) is 0 Å². The number of fused-ring (bicyclic) bond motifs is 1. The minimum atomic E-state index is 0.569. The third-order valence-electron chi connectivity index (χ3n) is 4.07. The molecule has 1 fully saturated rings. The Morgan fingerprint density at radius 3 is 2.71 bits per heavy atom. The molecule has 4 rings (SSSR count). The van der Waals surface area contributed by atoms with Crippen LogP contribution < -0.4 is 5.73 Å². The van der Waals surface area contributed by atoms with Gasteiger partial charge in [0.1, 0.15) is 11.3 Å². The smallest absolute Gasteiger partial charge is 0.113 e. The third kappa shape index (κ3) is 2.18. The van der Waals surface area contributed by atoms with E-state index in [2.05, 4.69) is 16.7 Å². The van der Waals surface area contributed by atoms with Crippen LogP contribution in [-0.4, -0.2) is 9.55 Å². The summed E-state index contributed by atoms with van der Waals surface area (Å²) in [4.78, 5) is 4.79. The van der Waals surface area contributed by atoms with Crippen LogP contribution in [0, 0.1) is 0 Å². The summed E-state index contributed by atoms with van der Waals surface area (Å²) in [5, 5.41) is 0.796. The van der Waals surface area contributed by atoms with Gasteiger partial charge in [-0.3, -0.25) is 0 Å². The van der Waals surface area contributed by atoms with Crippen molar-refractivity contribution in [3.05, 3.63) is 58.9 Å². The lowest BCUT2D eigenvalue weighted by Crippen LogP contribution is -2.04. The fourth-order valence-corrected chi connectivity index (χ4v) is 3.00. The quantitative estimate of drug-likeness (QED) is 0.736. The fourth-order valence-electron chi connectivity index (χ4n) is 2.80. The fraction of sp³-hybridized carbons (Fsp3) is 0.235. The Morgan fingerprint density at radius 1 is 1.14 bits per heavy atom. The van der Waals surface area contributed by atoms with Gasteiger partial charge < -0.3 is 10.3 Å². The molecule has 0 atom stereocenters. The van der Waals surface area contributed by atoms with Gasteiger partial charge in [0.25, 0.3) is 0 Å². The number of halogens is 1. The van der Waals surface area contributed by atoms with Crippen molar-refractivity contribution in [2.24, 2.45) is 0 Å². The van der Waals surface area contributed by atoms with Crippen molar-refractivity contribution in [3.8, 4) is 0 Å². The number of nitrogens with two attached hydrogens (primary N) is 1. The highest BCUT2D eigenvalue weighted by Crippen LogP contribution is 2.41. The second kappa shape index (κ2) is 4.78. The first-order chi connectivity index (χ1) is 10.2. The summed E-state index contributed by atoms with van der Waals surface area (Å²) in [6.07, 6.45) is 2.43. The summed E-state index contributed by atoms with van der Waals surface area (Å²) in [6, 6.07) is 14.0. The maximum atomic E-state index is 6.31. The Morgan fingerprint density at radius 2 is 1.95 bits per heavy atom. The predicted molar refractivity (Wildman–Crippen MR) is 86.7 cm³/mol. The van der Waals surface area contributed by atoms with Gasteiger partial charge in [-0.15, -0.1) is 0 Å². The second-order valence-corrected chi connectivity index (χ2v) is 6.04. The maximum absolute atomic E-state index is 6.31. The topological polar surface area (TPSA) is 43.8 Å². The van der Waals surface area contributed by atoms with Crippen LogP contribution in [0.5, 0.6) is 0 Å². The number of rotatable bonds is 3. The number of hydrogen-bond acceptors (Lipinski definition) is 2. The Hall–Kier alpha value is -2.00. The van der Waals surface area contributed by atoms with Gasteiger partial charge in [0.05, 0.1) is 17.7 Å². The molecular weight excluding hydrogens is 282 g/mol. The van der Waals surface area contributed by atoms with E-state index in [4.69, 9.17) is 22.3 Å². The van der Waals surface area contributed by atoms with E-state index < -0.39 is 0 Å². The Bertz CT molecular complexity index is 818. The lowest BCUT2D eigenvalue weighted by Gasteiger charge is -2.10. The molecule has 3 nitrogen and oxygen atoms in total. The average Bonchev–Trinajstić information content (AvgIpc) is 3.25. The highest BCUT2D eigenvalue weighted by molar-refractivity contribution is 6.31. The van der Waals surface area contributed by atoms with Gasteiger partial charge in [-0.1, -0.05) is 35.9 Å². The summed E-state index contributed by atoms with van der Waals surface area (Å²) in [7, 11) is 0. The predicted octanol–water partition coefficient (Wildman–Crippen LogP) is 4.20. The standard InChI is InChI=1S/C17H16ClN3/c18-13-5-2-1-4-12(13)10-21-15-7-3-6-14(19)16(15)20-17(21)11-8-9-11/h1-7,11H,8-10,19H2. The largest absolute Gasteiger partial charge is 0.397 e. The van der Waals surface area contributed by atoms with Crippen LogP contribution in [-0.2, 0) is 6.54 Å². The zero-order valence-electron chi connectivity index (χ0n) is 11.6. The van der Waals surface area contributed by atoms with E-state index in [1.54, 1.807) is 0 Å². The molecule has 1 aromatic heterocycles. The number of aromatic nitrogens is 2. The van der Waals surface area contributed by atoms with E-state index in [9.17, 15) is 0 Å². The van der Waals surface area contributed by atoms with Crippen LogP contribution in [0.4, 0.5) is 5.69 Å². The normalized spacial score (nSPS) is 14.7. The number of benzene rings is 2. The van der Waals surface area contributed by atoms with Crippen molar-refractivity contribution in [1.82, 2.24) is 9.55 Å². The number of anilines is 1. The SMILES string of the molecule is Nc1cccc2c1nc(C1CC1)n2Cc1ccccc1Cl. The van der Waals surface area contributed by atoms with E-state index in [0.29, 0.717) is 5.92 Å². The molecule has 3 aromatic rings. The summed E-state index contributed by atoms with van der Waals surface area (Å²) in [5.41, 5.74) is 9.94. The zero-order chi connectivity index (χ0) is 14.4. The molecule has 1 aliphatic rings. The molecular formula is C17H16ClN3. The molecule has 1 saturated carbocycles. The monoisotopic (exact) mass is 297 g/mol. The van der Waals surface area contributed by atoms with Gasteiger partial charge in [-0.2, -0.15) is 0 Å². The number of imidazole rings is 1. The van der Waals surface area contributed by atoms with Gasteiger partial charge >= 0.3 is 0 Å². The molecule has 2 aromatic carbocycles. The highest BCUT2D eigenvalue weighted by Gasteiger charge is 2.30. The van der Waals surface area contributed by atoms with E-state index >= 15 is 0 Å². The average molecular weight is 298 g/mol. The van der Waals surface area contributed by atoms with Crippen molar-refractivity contribution >= 4 is 28.3 Å². The number of para-hydroxylation sites is 1. The van der Waals surface area contributed by atoms with Gasteiger partial charge in [0.2, 0.25) is 0 Å². The first-order valence-corrected chi connectivity index (χ1v) is 7.60. The van der Waals surface area contributed by atoms with Crippen LogP contribution >= 0.6 is 11.6 Å². The van der Waals surface area contributed by atoms with Crippen LogP contribution in [0.3, 0.4) is 0 Å². The van der Waals surface area contributed by atoms with Gasteiger partial charge in [-0.25, -0.2) is 4.98 Å². The van der Waals surface area contributed by atoms with E-state index in [0.717, 1.165) is 39.7 Å². The number of nitrogen functional groups attached to an aromatic ring is 1. The molecule has 0 unspecified atom stereocenters. The molecule has 0 amide bonds. The molecule has 0 spiro atoms. The Labute approximate surface area is 128 Å². The summed E-state index contributed by atoms with van der Waals surface area (Å²) < 4.78 is 2.27. The summed E-state index contributed by atoms with van der Waals surface area (Å²) >= 11 is 6.31. The summed E-state index contributed by atoms with van der Waals surface area (Å²) in [6.45, 7) is 0.742. The molecule has 106 valence electrons. The zero-order valence-corrected chi connectivity index (χ0v) is 12.3. The molecule has 1 heterocycles. The van der Waals surface area contributed by atoms with Crippen molar-refractivity contribution < 1.29 is 0 Å². The van der Waals surface area contributed by atoms with Crippen LogP contribution in [0.2, 0.25) is 5.02 Å². The lowest BCUT2D eigenvalue weighted by molar-refractivity contribution is 0.747. The third-order valence-corrected chi connectivity index (χ3v) is 4.44. The first kappa shape index (κ1) is 12.7. The first-order valence-electron chi connectivity index (χ1n) is 7.22. The molecule has 21 heavy (non-hydrogen) atoms. The number of hydrogen-bond donors (Lipinski definition) is 1. The van der Waals surface area contributed by atoms with Crippen molar-refractivity contribution in [1.29, 1.82) is 0 Å². The minimum Gasteiger partial charge on any atom is -0.397 e. The molecule has 0 bridgehead atoms. The molecule has 2 N–H and O–H groups in total. The molecule has 0 aliphatic heterocycles. The molecule has 1 aliphatic carbocycles. The molecule has 4 heteroatoms. The van der Waals surface area contributed by atoms with Crippen LogP contribution in [0.1, 0.15) is 30.1 Å². The van der Waals surface area contributed by atoms with Gasteiger partial charge in [0, 0.05) is 10.9 Å². The maximum Gasteiger partial charge on any atom is 0.113 e. The van der Waals surface area contributed by atoms with Gasteiger partial charge in [-0.05, 0) is 36.6 Å². The Balaban J connectivity index is 1.88. The van der Waals surface area contributed by atoms with E-state index in [-0.39, 0.29) is 0 Å². The molecule has 0 radical (unpaired) electrons. The number of nitrogens with zero attached hydrogens (tertiary/aromatic N) is 2. The van der Waals surface area contributed by atoms with Crippen LogP contribution in [0.15, 0.2) is 42.5 Å². The minimum absolute atomic E-state index is 0.569. The van der Waals surface area contributed by atoms with Crippen molar-refractivity contribution in [2.75, 3.05) is 5.73 Å². The van der Waals surface area contributed by atoms with Crippen molar-refractivity contribution in [3.63, 3.8) is 0 Å². The van der Waals surface area contributed by atoms with E-state index in [1.165, 1.54) is 12.8 Å². The summed E-state index contributed by atoms with van der Waals surface area (Å²) in [5.74, 6) is 1.71. The highest BCUT2D eigenvalue weighted by atomic mass is 35.5. The van der Waals surface area contributed by atoms with Crippen molar-refractivity contribution in [2.45, 2.75) is 25.3 Å².